The van der Waals surface area contributed by atoms with E-state index in [9.17, 15) is 14.4 Å². The average molecular weight is 436 g/mol. The van der Waals surface area contributed by atoms with Gasteiger partial charge in [0.25, 0.3) is 5.91 Å². The Labute approximate surface area is 188 Å². The van der Waals surface area contributed by atoms with Gasteiger partial charge in [-0.3, -0.25) is 14.4 Å². The number of hydrogen-bond donors (Lipinski definition) is 1. The van der Waals surface area contributed by atoms with Crippen molar-refractivity contribution in [3.05, 3.63) is 59.2 Å². The molecule has 2 aliphatic rings. The Kier molecular flexibility index (Phi) is 6.78. The molecule has 1 atom stereocenters. The number of rotatable bonds is 6. The summed E-state index contributed by atoms with van der Waals surface area (Å²) in [7, 11) is 0. The second-order valence-electron chi connectivity index (χ2n) is 8.49. The Hall–Kier alpha value is -3.29. The number of benzene rings is 1. The molecule has 2 aromatic rings. The van der Waals surface area contributed by atoms with Gasteiger partial charge in [-0.05, 0) is 31.7 Å². The summed E-state index contributed by atoms with van der Waals surface area (Å²) in [5, 5.41) is 2.91. The lowest BCUT2D eigenvalue weighted by Crippen LogP contribution is -2.45. The zero-order valence-corrected chi connectivity index (χ0v) is 18.4. The second-order valence-corrected chi connectivity index (χ2v) is 8.49. The number of carbonyl (C=O) groups is 3. The molecule has 3 amide bonds. The molecule has 1 aromatic heterocycles. The quantitative estimate of drug-likeness (QED) is 0.749. The smallest absolute Gasteiger partial charge is 0.254 e. The van der Waals surface area contributed by atoms with Gasteiger partial charge in [0.05, 0.1) is 17.8 Å². The number of nitrogens with one attached hydrogen (secondary N) is 1. The summed E-state index contributed by atoms with van der Waals surface area (Å²) in [5.74, 6) is 0.540. The van der Waals surface area contributed by atoms with Crippen LogP contribution in [0.4, 0.5) is 0 Å². The first-order valence-electron chi connectivity index (χ1n) is 11.2. The van der Waals surface area contributed by atoms with E-state index in [2.05, 4.69) is 15.3 Å². The number of aryl methyl sites for hydroxylation is 1. The van der Waals surface area contributed by atoms with E-state index in [-0.39, 0.29) is 30.2 Å². The van der Waals surface area contributed by atoms with Gasteiger partial charge in [0, 0.05) is 44.7 Å². The first-order valence-corrected chi connectivity index (χ1v) is 11.2. The maximum Gasteiger partial charge on any atom is 0.254 e. The Balaban J connectivity index is 1.36. The lowest BCUT2D eigenvalue weighted by Gasteiger charge is -2.33. The van der Waals surface area contributed by atoms with E-state index in [0.717, 1.165) is 24.8 Å². The first-order chi connectivity index (χ1) is 15.5. The Morgan fingerprint density at radius 2 is 1.97 bits per heavy atom. The molecule has 2 fully saturated rings. The summed E-state index contributed by atoms with van der Waals surface area (Å²) in [4.78, 5) is 49.7. The largest absolute Gasteiger partial charge is 0.348 e. The average Bonchev–Trinajstić information content (AvgIpc) is 3.22. The SMILES string of the molecule is Cc1nc([C@@H]2CCCN(C(=O)CN3CCCC3=O)C2)ncc1C(=O)NCc1ccccc1. The van der Waals surface area contributed by atoms with Crippen molar-refractivity contribution in [3.8, 4) is 0 Å². The maximum absolute atomic E-state index is 12.7. The fraction of sp³-hybridized carbons (Fsp3) is 0.458. The topological polar surface area (TPSA) is 95.5 Å². The van der Waals surface area contributed by atoms with Gasteiger partial charge in [-0.15, -0.1) is 0 Å². The van der Waals surface area contributed by atoms with E-state index in [1.165, 1.54) is 0 Å². The van der Waals surface area contributed by atoms with Crippen LogP contribution in [0.15, 0.2) is 36.5 Å². The van der Waals surface area contributed by atoms with Crippen molar-refractivity contribution in [2.45, 2.75) is 45.1 Å². The molecule has 2 saturated heterocycles. The van der Waals surface area contributed by atoms with Crippen LogP contribution in [0.3, 0.4) is 0 Å². The minimum atomic E-state index is -0.200. The lowest BCUT2D eigenvalue weighted by atomic mass is 9.96. The molecule has 32 heavy (non-hydrogen) atoms. The van der Waals surface area contributed by atoms with E-state index in [4.69, 9.17) is 0 Å². The Morgan fingerprint density at radius 1 is 1.16 bits per heavy atom. The lowest BCUT2D eigenvalue weighted by molar-refractivity contribution is -0.139. The summed E-state index contributed by atoms with van der Waals surface area (Å²) >= 11 is 0. The van der Waals surface area contributed by atoms with Gasteiger partial charge in [0.2, 0.25) is 11.8 Å². The number of nitrogens with zero attached hydrogens (tertiary/aromatic N) is 4. The monoisotopic (exact) mass is 435 g/mol. The molecule has 0 aliphatic carbocycles. The molecular formula is C24H29N5O3. The highest BCUT2D eigenvalue weighted by Crippen LogP contribution is 2.25. The van der Waals surface area contributed by atoms with Crippen molar-refractivity contribution in [1.29, 1.82) is 0 Å². The molecule has 1 N–H and O–H groups in total. The summed E-state index contributed by atoms with van der Waals surface area (Å²) < 4.78 is 0. The number of carbonyl (C=O) groups excluding carboxylic acids is 3. The molecule has 3 heterocycles. The third-order valence-electron chi connectivity index (χ3n) is 6.18. The molecule has 168 valence electrons. The van der Waals surface area contributed by atoms with Crippen LogP contribution in [-0.2, 0) is 16.1 Å². The zero-order valence-electron chi connectivity index (χ0n) is 18.4. The van der Waals surface area contributed by atoms with Crippen LogP contribution >= 0.6 is 0 Å². The van der Waals surface area contributed by atoms with Gasteiger partial charge < -0.3 is 15.1 Å². The van der Waals surface area contributed by atoms with Crippen LogP contribution in [0.25, 0.3) is 0 Å². The highest BCUT2D eigenvalue weighted by molar-refractivity contribution is 5.94. The molecule has 8 heteroatoms. The third-order valence-corrected chi connectivity index (χ3v) is 6.18. The zero-order chi connectivity index (χ0) is 22.5. The van der Waals surface area contributed by atoms with Gasteiger partial charge >= 0.3 is 0 Å². The van der Waals surface area contributed by atoms with Crippen molar-refractivity contribution < 1.29 is 14.4 Å². The first kappa shape index (κ1) is 21.9. The van der Waals surface area contributed by atoms with Crippen molar-refractivity contribution in [2.75, 3.05) is 26.2 Å². The van der Waals surface area contributed by atoms with Gasteiger partial charge in [-0.25, -0.2) is 9.97 Å². The predicted molar refractivity (Wildman–Crippen MR) is 119 cm³/mol. The third kappa shape index (κ3) is 5.12. The van der Waals surface area contributed by atoms with Gasteiger partial charge in [-0.1, -0.05) is 30.3 Å². The number of piperidine rings is 1. The molecule has 1 aromatic carbocycles. The van der Waals surface area contributed by atoms with E-state index in [1.807, 2.05) is 42.2 Å². The highest BCUT2D eigenvalue weighted by Gasteiger charge is 2.30. The fourth-order valence-corrected chi connectivity index (χ4v) is 4.33. The normalized spacial score (nSPS) is 18.7. The van der Waals surface area contributed by atoms with E-state index in [1.54, 1.807) is 11.1 Å². The minimum Gasteiger partial charge on any atom is -0.348 e. The number of amides is 3. The van der Waals surface area contributed by atoms with E-state index >= 15 is 0 Å². The molecule has 8 nitrogen and oxygen atoms in total. The summed E-state index contributed by atoms with van der Waals surface area (Å²) in [6.45, 7) is 4.31. The van der Waals surface area contributed by atoms with E-state index in [0.29, 0.717) is 49.7 Å². The molecule has 4 rings (SSSR count). The molecule has 0 spiro atoms. The number of aromatic nitrogens is 2. The molecule has 0 unspecified atom stereocenters. The van der Waals surface area contributed by atoms with Crippen LogP contribution in [0.1, 0.15) is 59.0 Å². The maximum atomic E-state index is 12.7. The summed E-state index contributed by atoms with van der Waals surface area (Å²) in [5.41, 5.74) is 2.12. The second kappa shape index (κ2) is 9.89. The summed E-state index contributed by atoms with van der Waals surface area (Å²) in [6, 6.07) is 9.73. The van der Waals surface area contributed by atoms with Crippen molar-refractivity contribution in [2.24, 2.45) is 0 Å². The molecular weight excluding hydrogens is 406 g/mol. The van der Waals surface area contributed by atoms with Crippen LogP contribution < -0.4 is 5.32 Å². The Morgan fingerprint density at radius 3 is 2.69 bits per heavy atom. The highest BCUT2D eigenvalue weighted by atomic mass is 16.2. The molecule has 0 saturated carbocycles. The predicted octanol–water partition coefficient (Wildman–Crippen LogP) is 2.04. The molecule has 0 bridgehead atoms. The van der Waals surface area contributed by atoms with Crippen molar-refractivity contribution in [1.82, 2.24) is 25.1 Å². The Bertz CT molecular complexity index is 994. The van der Waals surface area contributed by atoms with E-state index < -0.39 is 0 Å². The number of hydrogen-bond acceptors (Lipinski definition) is 5. The molecule has 0 radical (unpaired) electrons. The van der Waals surface area contributed by atoms with Crippen LogP contribution in [0, 0.1) is 6.92 Å². The number of likely N-dealkylation sites (tertiary alicyclic amines) is 2. The van der Waals surface area contributed by atoms with Gasteiger partial charge in [-0.2, -0.15) is 0 Å². The standard InChI is InChI=1S/C24H29N5O3/c1-17-20(24(32)26-13-18-7-3-2-4-8-18)14-25-23(27-17)19-9-5-11-28(15-19)22(31)16-29-12-6-10-21(29)30/h2-4,7-8,14,19H,5-6,9-13,15-16H2,1H3,(H,26,32)/t19-/m1/s1. The van der Waals surface area contributed by atoms with Crippen LogP contribution in [0.5, 0.6) is 0 Å². The van der Waals surface area contributed by atoms with Crippen molar-refractivity contribution in [3.63, 3.8) is 0 Å². The van der Waals surface area contributed by atoms with Crippen molar-refractivity contribution >= 4 is 17.7 Å². The van der Waals surface area contributed by atoms with Gasteiger partial charge in [0.15, 0.2) is 0 Å². The molecule has 2 aliphatic heterocycles. The summed E-state index contributed by atoms with van der Waals surface area (Å²) in [6.07, 6.45) is 4.71. The van der Waals surface area contributed by atoms with Gasteiger partial charge in [0.1, 0.15) is 5.82 Å². The fourth-order valence-electron chi connectivity index (χ4n) is 4.33. The minimum absolute atomic E-state index is 0.0152. The van der Waals surface area contributed by atoms with Crippen LogP contribution in [0.2, 0.25) is 0 Å². The van der Waals surface area contributed by atoms with Crippen LogP contribution in [-0.4, -0.2) is 63.7 Å².